The summed E-state index contributed by atoms with van der Waals surface area (Å²) < 4.78 is 10.1. The molecular weight excluding hydrogens is 224 g/mol. The van der Waals surface area contributed by atoms with Gasteiger partial charge in [0.15, 0.2) is 11.5 Å². The topological polar surface area (TPSA) is 76.7 Å². The summed E-state index contributed by atoms with van der Waals surface area (Å²) in [5.41, 5.74) is 1.49. The zero-order chi connectivity index (χ0) is 12.4. The second kappa shape index (κ2) is 4.32. The Labute approximate surface area is 97.9 Å². The van der Waals surface area contributed by atoms with Gasteiger partial charge in [0.25, 0.3) is 0 Å². The second-order valence-corrected chi connectivity index (χ2v) is 3.56. The first-order chi connectivity index (χ1) is 8.10. The first kappa shape index (κ1) is 11.3. The summed E-state index contributed by atoms with van der Waals surface area (Å²) in [6.45, 7) is 1.72. The molecule has 0 spiro atoms. The van der Waals surface area contributed by atoms with Gasteiger partial charge in [-0.3, -0.25) is 4.79 Å². The molecule has 1 aliphatic heterocycles. The van der Waals surface area contributed by atoms with Crippen LogP contribution >= 0.6 is 0 Å². The average Bonchev–Trinajstić information content (AvgIpc) is 2.27. The third-order valence-electron chi connectivity index (χ3n) is 2.33. The molecule has 0 aliphatic carbocycles. The number of carbonyl (C=O) groups excluding carboxylic acids is 2. The second-order valence-electron chi connectivity index (χ2n) is 3.56. The zero-order valence-electron chi connectivity index (χ0n) is 9.49. The van der Waals surface area contributed by atoms with Crippen LogP contribution in [0.3, 0.4) is 0 Å². The van der Waals surface area contributed by atoms with E-state index in [1.165, 1.54) is 14.0 Å². The molecule has 2 N–H and O–H groups in total. The minimum absolute atomic E-state index is 0.281. The smallest absolute Gasteiger partial charge is 0.319 e. The van der Waals surface area contributed by atoms with Crippen LogP contribution in [0.1, 0.15) is 12.5 Å². The van der Waals surface area contributed by atoms with Crippen LogP contribution in [0.5, 0.6) is 11.5 Å². The Balaban J connectivity index is 2.41. The molecule has 0 bridgehead atoms. The van der Waals surface area contributed by atoms with Crippen LogP contribution < -0.4 is 20.1 Å². The van der Waals surface area contributed by atoms with E-state index in [2.05, 4.69) is 10.6 Å². The first-order valence-electron chi connectivity index (χ1n) is 5.04. The highest BCUT2D eigenvalue weighted by Crippen LogP contribution is 2.34. The van der Waals surface area contributed by atoms with Crippen molar-refractivity contribution in [3.8, 4) is 11.5 Å². The number of hydrogen-bond donors (Lipinski definition) is 2. The SMILES string of the molecule is COc1cc2c(cc1OC(C)=O)NC(=O)NC2. The first-order valence-corrected chi connectivity index (χ1v) is 5.04. The zero-order valence-corrected chi connectivity index (χ0v) is 9.49. The molecule has 2 amide bonds. The van der Waals surface area contributed by atoms with Gasteiger partial charge in [-0.2, -0.15) is 0 Å². The number of carbonyl (C=O) groups is 2. The Morgan fingerprint density at radius 2 is 2.12 bits per heavy atom. The minimum atomic E-state index is -0.441. The van der Waals surface area contributed by atoms with Crippen LogP contribution in [0.4, 0.5) is 10.5 Å². The molecule has 1 aromatic rings. The summed E-state index contributed by atoms with van der Waals surface area (Å²) in [5.74, 6) is 0.307. The maximum atomic E-state index is 11.2. The van der Waals surface area contributed by atoms with E-state index in [-0.39, 0.29) is 6.03 Å². The number of benzene rings is 1. The predicted molar refractivity (Wildman–Crippen MR) is 60.2 cm³/mol. The lowest BCUT2D eigenvalue weighted by molar-refractivity contribution is -0.132. The normalized spacial score (nSPS) is 13.2. The lowest BCUT2D eigenvalue weighted by Gasteiger charge is -2.20. The largest absolute Gasteiger partial charge is 0.493 e. The van der Waals surface area contributed by atoms with Gasteiger partial charge in [0, 0.05) is 19.5 Å². The average molecular weight is 236 g/mol. The summed E-state index contributed by atoms with van der Waals surface area (Å²) in [4.78, 5) is 22.1. The number of urea groups is 1. The van der Waals surface area contributed by atoms with Crippen molar-refractivity contribution in [1.29, 1.82) is 0 Å². The number of anilines is 1. The maximum Gasteiger partial charge on any atom is 0.319 e. The van der Waals surface area contributed by atoms with Gasteiger partial charge in [0.1, 0.15) is 0 Å². The highest BCUT2D eigenvalue weighted by molar-refractivity contribution is 5.93. The number of amides is 2. The summed E-state index contributed by atoms with van der Waals surface area (Å²) in [6.07, 6.45) is 0. The number of hydrogen-bond acceptors (Lipinski definition) is 4. The quantitative estimate of drug-likeness (QED) is 0.598. The standard InChI is InChI=1S/C11H12N2O4/c1-6(14)17-10-4-8-7(3-9(10)16-2)5-12-11(15)13-8/h3-4H,5H2,1-2H3,(H2,12,13,15). The van der Waals surface area contributed by atoms with Crippen LogP contribution in [-0.4, -0.2) is 19.1 Å². The fraction of sp³-hybridized carbons (Fsp3) is 0.273. The molecule has 17 heavy (non-hydrogen) atoms. The fourth-order valence-electron chi connectivity index (χ4n) is 1.60. The third-order valence-corrected chi connectivity index (χ3v) is 2.33. The Morgan fingerprint density at radius 1 is 1.35 bits per heavy atom. The molecule has 90 valence electrons. The van der Waals surface area contributed by atoms with Gasteiger partial charge >= 0.3 is 12.0 Å². The molecule has 1 heterocycles. The van der Waals surface area contributed by atoms with Crippen molar-refractivity contribution in [2.75, 3.05) is 12.4 Å². The number of fused-ring (bicyclic) bond motifs is 1. The predicted octanol–water partition coefficient (Wildman–Crippen LogP) is 1.26. The lowest BCUT2D eigenvalue weighted by Crippen LogP contribution is -2.33. The monoisotopic (exact) mass is 236 g/mol. The van der Waals surface area contributed by atoms with Crippen molar-refractivity contribution in [1.82, 2.24) is 5.32 Å². The Hall–Kier alpha value is -2.24. The molecule has 0 unspecified atom stereocenters. The molecule has 0 fully saturated rings. The molecule has 2 rings (SSSR count). The van der Waals surface area contributed by atoms with Crippen LogP contribution in [-0.2, 0) is 11.3 Å². The van der Waals surface area contributed by atoms with E-state index >= 15 is 0 Å². The summed E-state index contributed by atoms with van der Waals surface area (Å²) >= 11 is 0. The molecule has 0 aromatic heterocycles. The van der Waals surface area contributed by atoms with Gasteiger partial charge in [-0.15, -0.1) is 0 Å². The third kappa shape index (κ3) is 2.30. The van der Waals surface area contributed by atoms with Gasteiger partial charge in [-0.05, 0) is 11.6 Å². The van der Waals surface area contributed by atoms with Gasteiger partial charge in [-0.1, -0.05) is 0 Å². The van der Waals surface area contributed by atoms with Crippen molar-refractivity contribution < 1.29 is 19.1 Å². The molecule has 0 atom stereocenters. The van der Waals surface area contributed by atoms with Crippen LogP contribution in [0.15, 0.2) is 12.1 Å². The van der Waals surface area contributed by atoms with Crippen molar-refractivity contribution in [3.05, 3.63) is 17.7 Å². The van der Waals surface area contributed by atoms with E-state index in [9.17, 15) is 9.59 Å². The number of ether oxygens (including phenoxy) is 2. The van der Waals surface area contributed by atoms with Gasteiger partial charge < -0.3 is 20.1 Å². The fourth-order valence-corrected chi connectivity index (χ4v) is 1.60. The highest BCUT2D eigenvalue weighted by atomic mass is 16.6. The molecule has 6 heteroatoms. The van der Waals surface area contributed by atoms with E-state index < -0.39 is 5.97 Å². The number of methoxy groups -OCH3 is 1. The van der Waals surface area contributed by atoms with Crippen molar-refractivity contribution in [2.45, 2.75) is 13.5 Å². The van der Waals surface area contributed by atoms with Gasteiger partial charge in [0.2, 0.25) is 0 Å². The number of nitrogens with one attached hydrogen (secondary N) is 2. The van der Waals surface area contributed by atoms with E-state index in [1.807, 2.05) is 0 Å². The summed E-state index contributed by atoms with van der Waals surface area (Å²) in [7, 11) is 1.49. The van der Waals surface area contributed by atoms with E-state index in [1.54, 1.807) is 12.1 Å². The summed E-state index contributed by atoms with van der Waals surface area (Å²) in [6, 6.07) is 3.02. The molecule has 0 saturated heterocycles. The molecule has 1 aliphatic rings. The van der Waals surface area contributed by atoms with Gasteiger partial charge in [-0.25, -0.2) is 4.79 Å². The Kier molecular flexibility index (Phi) is 2.86. The maximum absolute atomic E-state index is 11.2. The molecular formula is C11H12N2O4. The van der Waals surface area contributed by atoms with E-state index in [0.717, 1.165) is 5.56 Å². The van der Waals surface area contributed by atoms with Crippen LogP contribution in [0, 0.1) is 0 Å². The van der Waals surface area contributed by atoms with E-state index in [0.29, 0.717) is 23.7 Å². The van der Waals surface area contributed by atoms with Crippen LogP contribution in [0.2, 0.25) is 0 Å². The molecule has 6 nitrogen and oxygen atoms in total. The lowest BCUT2D eigenvalue weighted by atomic mass is 10.1. The Morgan fingerprint density at radius 3 is 2.76 bits per heavy atom. The van der Waals surface area contributed by atoms with E-state index in [4.69, 9.17) is 9.47 Å². The van der Waals surface area contributed by atoms with Crippen molar-refractivity contribution in [2.24, 2.45) is 0 Å². The van der Waals surface area contributed by atoms with Gasteiger partial charge in [0.05, 0.1) is 12.8 Å². The summed E-state index contributed by atoms with van der Waals surface area (Å²) in [5, 5.41) is 5.26. The Bertz CT molecular complexity index is 485. The molecule has 0 saturated carbocycles. The highest BCUT2D eigenvalue weighted by Gasteiger charge is 2.18. The minimum Gasteiger partial charge on any atom is -0.493 e. The molecule has 1 aromatic carbocycles. The molecule has 0 radical (unpaired) electrons. The van der Waals surface area contributed by atoms with Crippen molar-refractivity contribution >= 4 is 17.7 Å². The number of esters is 1. The van der Waals surface area contributed by atoms with Crippen molar-refractivity contribution in [3.63, 3.8) is 0 Å². The van der Waals surface area contributed by atoms with Crippen LogP contribution in [0.25, 0.3) is 0 Å². The number of rotatable bonds is 2.